The molecule has 2 aromatic rings. The average molecular weight is 266 g/mol. The molecule has 2 heterocycles. The highest BCUT2D eigenvalue weighted by Crippen LogP contribution is 2.05. The molecule has 5 nitrogen and oxygen atoms in total. The fourth-order valence-corrected chi connectivity index (χ4v) is 1.59. The minimum absolute atomic E-state index is 0.144. The van der Waals surface area contributed by atoms with E-state index in [0.717, 1.165) is 5.56 Å². The van der Waals surface area contributed by atoms with Crippen LogP contribution in [0, 0.1) is 11.8 Å². The van der Waals surface area contributed by atoms with Crippen molar-refractivity contribution >= 4 is 11.7 Å². The van der Waals surface area contributed by atoms with Crippen LogP contribution in [-0.2, 0) is 11.2 Å². The Morgan fingerprint density at radius 1 is 1.30 bits per heavy atom. The molecule has 100 valence electrons. The van der Waals surface area contributed by atoms with Gasteiger partial charge in [-0.05, 0) is 29.7 Å². The minimum atomic E-state index is -0.144. The van der Waals surface area contributed by atoms with Crippen LogP contribution >= 0.6 is 0 Å². The summed E-state index contributed by atoms with van der Waals surface area (Å²) in [6, 6.07) is 8.91. The molecule has 0 fully saturated rings. The highest BCUT2D eigenvalue weighted by atomic mass is 16.1. The quantitative estimate of drug-likeness (QED) is 0.811. The lowest BCUT2D eigenvalue weighted by atomic mass is 10.2. The van der Waals surface area contributed by atoms with Crippen LogP contribution in [0.5, 0.6) is 0 Å². The molecule has 0 saturated heterocycles. The van der Waals surface area contributed by atoms with Gasteiger partial charge in [-0.1, -0.05) is 18.1 Å². The molecule has 0 radical (unpaired) electrons. The van der Waals surface area contributed by atoms with Crippen LogP contribution in [0.1, 0.15) is 11.3 Å². The molecule has 20 heavy (non-hydrogen) atoms. The molecule has 0 aliphatic carbocycles. The van der Waals surface area contributed by atoms with Gasteiger partial charge in [0.05, 0.1) is 13.0 Å². The van der Waals surface area contributed by atoms with E-state index in [1.165, 1.54) is 0 Å². The summed E-state index contributed by atoms with van der Waals surface area (Å²) in [6.45, 7) is 0.277. The summed E-state index contributed by atoms with van der Waals surface area (Å²) in [6.07, 6.45) is 3.59. The zero-order valence-corrected chi connectivity index (χ0v) is 10.8. The van der Waals surface area contributed by atoms with Crippen molar-refractivity contribution in [1.82, 2.24) is 9.97 Å². The minimum Gasteiger partial charge on any atom is -0.320 e. The number of nitrogens with one attached hydrogen (secondary N) is 1. The number of carbonyl (C=O) groups is 1. The number of hydrogen-bond donors (Lipinski definition) is 2. The van der Waals surface area contributed by atoms with E-state index in [1.54, 1.807) is 36.7 Å². The van der Waals surface area contributed by atoms with E-state index >= 15 is 0 Å². The maximum atomic E-state index is 11.9. The predicted molar refractivity (Wildman–Crippen MR) is 76.7 cm³/mol. The van der Waals surface area contributed by atoms with Gasteiger partial charge in [0.25, 0.3) is 0 Å². The molecular formula is C15H14N4O. The van der Waals surface area contributed by atoms with Crippen LogP contribution < -0.4 is 11.1 Å². The highest BCUT2D eigenvalue weighted by molar-refractivity contribution is 5.91. The monoisotopic (exact) mass is 266 g/mol. The number of rotatable bonds is 3. The molecule has 0 saturated carbocycles. The Morgan fingerprint density at radius 2 is 2.20 bits per heavy atom. The molecule has 2 rings (SSSR count). The van der Waals surface area contributed by atoms with Gasteiger partial charge in [0.1, 0.15) is 11.5 Å². The Balaban J connectivity index is 2.01. The Kier molecular flexibility index (Phi) is 4.81. The number of nitrogens with two attached hydrogens (primary N) is 1. The van der Waals surface area contributed by atoms with Crippen molar-refractivity contribution in [2.45, 2.75) is 6.42 Å². The number of amides is 1. The summed E-state index contributed by atoms with van der Waals surface area (Å²) >= 11 is 0. The molecule has 0 bridgehead atoms. The lowest BCUT2D eigenvalue weighted by molar-refractivity contribution is -0.115. The van der Waals surface area contributed by atoms with E-state index in [1.807, 2.05) is 6.07 Å². The average Bonchev–Trinajstić information content (AvgIpc) is 2.46. The summed E-state index contributed by atoms with van der Waals surface area (Å²) in [5.41, 5.74) is 6.73. The number of anilines is 1. The SMILES string of the molecule is NCC#Cc1cccc(NC(=O)Cc2cccnc2)n1. The van der Waals surface area contributed by atoms with Crippen molar-refractivity contribution in [3.63, 3.8) is 0 Å². The van der Waals surface area contributed by atoms with E-state index in [4.69, 9.17) is 5.73 Å². The maximum absolute atomic E-state index is 11.9. The van der Waals surface area contributed by atoms with Crippen molar-refractivity contribution in [2.24, 2.45) is 5.73 Å². The summed E-state index contributed by atoms with van der Waals surface area (Å²) in [4.78, 5) is 20.1. The van der Waals surface area contributed by atoms with Crippen molar-refractivity contribution < 1.29 is 4.79 Å². The molecule has 5 heteroatoms. The van der Waals surface area contributed by atoms with Gasteiger partial charge in [0.2, 0.25) is 5.91 Å². The lowest BCUT2D eigenvalue weighted by Gasteiger charge is -2.04. The molecule has 0 unspecified atom stereocenters. The Labute approximate surface area is 117 Å². The first-order valence-electron chi connectivity index (χ1n) is 6.12. The first kappa shape index (κ1) is 13.7. The van der Waals surface area contributed by atoms with Gasteiger partial charge in [-0.15, -0.1) is 0 Å². The molecule has 2 aromatic heterocycles. The Bertz CT molecular complexity index is 644. The smallest absolute Gasteiger partial charge is 0.230 e. The fraction of sp³-hybridized carbons (Fsp3) is 0.133. The van der Waals surface area contributed by atoms with Gasteiger partial charge >= 0.3 is 0 Å². The van der Waals surface area contributed by atoms with Crippen molar-refractivity contribution in [1.29, 1.82) is 0 Å². The van der Waals surface area contributed by atoms with E-state index in [9.17, 15) is 4.79 Å². The van der Waals surface area contributed by atoms with Gasteiger partial charge in [-0.25, -0.2) is 4.98 Å². The normalized spacial score (nSPS) is 9.45. The molecule has 0 aromatic carbocycles. The molecule has 0 aliphatic rings. The third-order valence-corrected chi connectivity index (χ3v) is 2.42. The molecule has 1 amide bonds. The van der Waals surface area contributed by atoms with Crippen LogP contribution in [-0.4, -0.2) is 22.4 Å². The standard InChI is InChI=1S/C15H14N4O/c16-8-2-6-13-5-1-7-14(18-13)19-15(20)10-12-4-3-9-17-11-12/h1,3-5,7,9,11H,8,10,16H2,(H,18,19,20). The Morgan fingerprint density at radius 3 is 2.95 bits per heavy atom. The van der Waals surface area contributed by atoms with E-state index < -0.39 is 0 Å². The zero-order chi connectivity index (χ0) is 14.2. The summed E-state index contributed by atoms with van der Waals surface area (Å²) < 4.78 is 0. The lowest BCUT2D eigenvalue weighted by Crippen LogP contribution is -2.15. The van der Waals surface area contributed by atoms with E-state index in [2.05, 4.69) is 27.1 Å². The molecule has 0 atom stereocenters. The van der Waals surface area contributed by atoms with Crippen LogP contribution in [0.2, 0.25) is 0 Å². The number of hydrogen-bond acceptors (Lipinski definition) is 4. The number of nitrogens with zero attached hydrogens (tertiary/aromatic N) is 2. The second-order valence-corrected chi connectivity index (χ2v) is 4.00. The molecular weight excluding hydrogens is 252 g/mol. The van der Waals surface area contributed by atoms with Crippen molar-refractivity contribution in [2.75, 3.05) is 11.9 Å². The topological polar surface area (TPSA) is 80.9 Å². The highest BCUT2D eigenvalue weighted by Gasteiger charge is 2.05. The third kappa shape index (κ3) is 4.19. The van der Waals surface area contributed by atoms with Crippen LogP contribution in [0.4, 0.5) is 5.82 Å². The first-order valence-corrected chi connectivity index (χ1v) is 6.12. The van der Waals surface area contributed by atoms with Crippen LogP contribution in [0.3, 0.4) is 0 Å². The fourth-order valence-electron chi connectivity index (χ4n) is 1.59. The number of pyridine rings is 2. The van der Waals surface area contributed by atoms with Gasteiger partial charge in [0, 0.05) is 12.4 Å². The van der Waals surface area contributed by atoms with Gasteiger partial charge in [-0.3, -0.25) is 9.78 Å². The van der Waals surface area contributed by atoms with Crippen LogP contribution in [0.25, 0.3) is 0 Å². The Hall–Kier alpha value is -2.71. The molecule has 0 aliphatic heterocycles. The third-order valence-electron chi connectivity index (χ3n) is 2.42. The largest absolute Gasteiger partial charge is 0.320 e. The maximum Gasteiger partial charge on any atom is 0.230 e. The van der Waals surface area contributed by atoms with Gasteiger partial charge in [0.15, 0.2) is 0 Å². The van der Waals surface area contributed by atoms with Crippen molar-refractivity contribution in [3.8, 4) is 11.8 Å². The summed E-state index contributed by atoms with van der Waals surface area (Å²) in [5, 5.41) is 2.73. The summed E-state index contributed by atoms with van der Waals surface area (Å²) in [7, 11) is 0. The second kappa shape index (κ2) is 7.02. The number of carbonyl (C=O) groups excluding carboxylic acids is 1. The first-order chi connectivity index (χ1) is 9.78. The number of aromatic nitrogens is 2. The van der Waals surface area contributed by atoms with E-state index in [0.29, 0.717) is 11.5 Å². The predicted octanol–water partition coefficient (Wildman–Crippen LogP) is 0.968. The summed E-state index contributed by atoms with van der Waals surface area (Å²) in [5.74, 6) is 5.87. The van der Waals surface area contributed by atoms with Crippen molar-refractivity contribution in [3.05, 3.63) is 54.0 Å². The second-order valence-electron chi connectivity index (χ2n) is 4.00. The molecule has 0 spiro atoms. The van der Waals surface area contributed by atoms with Crippen LogP contribution in [0.15, 0.2) is 42.7 Å². The van der Waals surface area contributed by atoms with E-state index in [-0.39, 0.29) is 18.9 Å². The molecule has 3 N–H and O–H groups in total. The van der Waals surface area contributed by atoms with Gasteiger partial charge in [-0.2, -0.15) is 0 Å². The zero-order valence-electron chi connectivity index (χ0n) is 10.8. The van der Waals surface area contributed by atoms with Gasteiger partial charge < -0.3 is 11.1 Å².